The van der Waals surface area contributed by atoms with Gasteiger partial charge in [-0.2, -0.15) is 0 Å². The maximum absolute atomic E-state index is 12.0. The van der Waals surface area contributed by atoms with E-state index in [4.69, 9.17) is 20.3 Å². The average Bonchev–Trinajstić information content (AvgIpc) is 2.51. The van der Waals surface area contributed by atoms with E-state index in [0.717, 1.165) is 6.42 Å². The number of aliphatic hydroxyl groups is 1. The molecule has 0 heterocycles. The molecule has 1 aromatic rings. The van der Waals surface area contributed by atoms with Crippen molar-refractivity contribution in [3.8, 4) is 11.5 Å². The number of methoxy groups -OCH3 is 1. The summed E-state index contributed by atoms with van der Waals surface area (Å²) in [5.41, 5.74) is 6.47. The van der Waals surface area contributed by atoms with E-state index in [-0.39, 0.29) is 25.0 Å². The number of nitrogens with one attached hydrogen (secondary N) is 1. The molecule has 0 radical (unpaired) electrons. The van der Waals surface area contributed by atoms with Gasteiger partial charge in [-0.15, -0.1) is 0 Å². The molecule has 4 N–H and O–H groups in total. The summed E-state index contributed by atoms with van der Waals surface area (Å²) in [5.74, 6) is 0.866. The van der Waals surface area contributed by atoms with Crippen molar-refractivity contribution >= 4 is 11.6 Å². The van der Waals surface area contributed by atoms with E-state index in [2.05, 4.69) is 5.32 Å². The van der Waals surface area contributed by atoms with Crippen LogP contribution in [-0.2, 0) is 4.79 Å². The van der Waals surface area contributed by atoms with Gasteiger partial charge in [0.05, 0.1) is 19.8 Å². The minimum atomic E-state index is -0.557. The van der Waals surface area contributed by atoms with Crippen molar-refractivity contribution in [2.75, 3.05) is 25.6 Å². The molecule has 0 saturated carbocycles. The lowest BCUT2D eigenvalue weighted by Crippen LogP contribution is -2.40. The van der Waals surface area contributed by atoms with Crippen molar-refractivity contribution in [1.82, 2.24) is 0 Å². The number of aliphatic hydroxyl groups excluding tert-OH is 1. The Labute approximate surface area is 125 Å². The Balaban J connectivity index is 2.81. The van der Waals surface area contributed by atoms with E-state index in [1.54, 1.807) is 18.2 Å². The molecule has 0 bridgehead atoms. The third kappa shape index (κ3) is 4.91. The van der Waals surface area contributed by atoms with Crippen LogP contribution in [0.25, 0.3) is 0 Å². The molecule has 6 heteroatoms. The summed E-state index contributed by atoms with van der Waals surface area (Å²) in [6.45, 7) is 3.98. The Bertz CT molecular complexity index is 465. The van der Waals surface area contributed by atoms with Crippen LogP contribution in [0, 0.1) is 5.92 Å². The Morgan fingerprint density at radius 3 is 2.71 bits per heavy atom. The van der Waals surface area contributed by atoms with Crippen LogP contribution in [0.5, 0.6) is 11.5 Å². The van der Waals surface area contributed by atoms with Gasteiger partial charge in [-0.3, -0.25) is 4.79 Å². The minimum Gasteiger partial charge on any atom is -0.493 e. The maximum Gasteiger partial charge on any atom is 0.241 e. The molecule has 0 aliphatic heterocycles. The molecule has 1 amide bonds. The smallest absolute Gasteiger partial charge is 0.241 e. The van der Waals surface area contributed by atoms with E-state index in [1.807, 2.05) is 13.8 Å². The van der Waals surface area contributed by atoms with Crippen LogP contribution < -0.4 is 20.5 Å². The van der Waals surface area contributed by atoms with Crippen molar-refractivity contribution in [3.63, 3.8) is 0 Å². The highest BCUT2D eigenvalue weighted by Crippen LogP contribution is 2.30. The topological polar surface area (TPSA) is 93.8 Å². The highest BCUT2D eigenvalue weighted by atomic mass is 16.5. The maximum atomic E-state index is 12.0. The highest BCUT2D eigenvalue weighted by Gasteiger charge is 2.19. The zero-order valence-electron chi connectivity index (χ0n) is 12.8. The molecule has 0 fully saturated rings. The first-order valence-electron chi connectivity index (χ1n) is 7.01. The molecule has 0 spiro atoms. The fourth-order valence-corrected chi connectivity index (χ4v) is 1.76. The quantitative estimate of drug-likeness (QED) is 0.674. The van der Waals surface area contributed by atoms with Crippen molar-refractivity contribution < 1.29 is 19.4 Å². The second-order valence-corrected chi connectivity index (χ2v) is 4.84. The van der Waals surface area contributed by atoms with E-state index >= 15 is 0 Å². The van der Waals surface area contributed by atoms with Crippen molar-refractivity contribution in [1.29, 1.82) is 0 Å². The van der Waals surface area contributed by atoms with Crippen molar-refractivity contribution in [2.45, 2.75) is 26.3 Å². The van der Waals surface area contributed by atoms with Gasteiger partial charge in [-0.05, 0) is 18.1 Å². The first-order valence-corrected chi connectivity index (χ1v) is 7.01. The molecule has 0 unspecified atom stereocenters. The summed E-state index contributed by atoms with van der Waals surface area (Å²) in [6, 6.07) is 4.50. The Morgan fingerprint density at radius 1 is 1.43 bits per heavy atom. The normalized spacial score (nSPS) is 13.4. The molecule has 21 heavy (non-hydrogen) atoms. The molecule has 0 saturated heterocycles. The predicted molar refractivity (Wildman–Crippen MR) is 81.6 cm³/mol. The van der Waals surface area contributed by atoms with Crippen LogP contribution in [0.1, 0.15) is 20.3 Å². The molecule has 0 aliphatic rings. The largest absolute Gasteiger partial charge is 0.493 e. The Hall–Kier alpha value is -1.79. The summed E-state index contributed by atoms with van der Waals surface area (Å²) in [7, 11) is 1.53. The number of hydrogen-bond donors (Lipinski definition) is 3. The summed E-state index contributed by atoms with van der Waals surface area (Å²) in [4.78, 5) is 12.0. The van der Waals surface area contributed by atoms with E-state index in [9.17, 15) is 4.79 Å². The van der Waals surface area contributed by atoms with Crippen LogP contribution in [0.2, 0.25) is 0 Å². The number of benzene rings is 1. The Kier molecular flexibility index (Phi) is 6.98. The third-order valence-corrected chi connectivity index (χ3v) is 3.34. The van der Waals surface area contributed by atoms with Gasteiger partial charge in [-0.25, -0.2) is 0 Å². The summed E-state index contributed by atoms with van der Waals surface area (Å²) >= 11 is 0. The van der Waals surface area contributed by atoms with Gasteiger partial charge in [0.2, 0.25) is 5.91 Å². The SMILES string of the molecule is CC[C@H](C)[C@H](N)C(=O)Nc1ccc(OC)c(OCCO)c1. The number of carbonyl (C=O) groups excluding carboxylic acids is 1. The van der Waals surface area contributed by atoms with Gasteiger partial charge >= 0.3 is 0 Å². The lowest BCUT2D eigenvalue weighted by atomic mass is 9.99. The molecular formula is C15H24N2O4. The third-order valence-electron chi connectivity index (χ3n) is 3.34. The van der Waals surface area contributed by atoms with Crippen molar-refractivity contribution in [2.24, 2.45) is 11.7 Å². The second-order valence-electron chi connectivity index (χ2n) is 4.84. The van der Waals surface area contributed by atoms with E-state index in [1.165, 1.54) is 7.11 Å². The first-order chi connectivity index (χ1) is 10.0. The number of amides is 1. The standard InChI is InChI=1S/C15H24N2O4/c1-4-10(2)14(16)15(19)17-11-5-6-12(20-3)13(9-11)21-8-7-18/h5-6,9-10,14,18H,4,7-8,16H2,1-3H3,(H,17,19)/t10-,14-/m0/s1. The van der Waals surface area contributed by atoms with E-state index < -0.39 is 6.04 Å². The van der Waals surface area contributed by atoms with Crippen molar-refractivity contribution in [3.05, 3.63) is 18.2 Å². The van der Waals surface area contributed by atoms with Crippen LogP contribution in [0.4, 0.5) is 5.69 Å². The number of carbonyl (C=O) groups is 1. The van der Waals surface area contributed by atoms with Crippen LogP contribution in [-0.4, -0.2) is 37.4 Å². The molecule has 118 valence electrons. The van der Waals surface area contributed by atoms with Crippen LogP contribution >= 0.6 is 0 Å². The monoisotopic (exact) mass is 296 g/mol. The zero-order valence-corrected chi connectivity index (χ0v) is 12.8. The van der Waals surface area contributed by atoms with Gasteiger partial charge in [0.25, 0.3) is 0 Å². The van der Waals surface area contributed by atoms with Gasteiger partial charge in [0.15, 0.2) is 11.5 Å². The first kappa shape index (κ1) is 17.3. The van der Waals surface area contributed by atoms with Gasteiger partial charge in [-0.1, -0.05) is 20.3 Å². The molecule has 0 aliphatic carbocycles. The fraction of sp³-hybridized carbons (Fsp3) is 0.533. The van der Waals surface area contributed by atoms with Gasteiger partial charge in [0, 0.05) is 11.8 Å². The lowest BCUT2D eigenvalue weighted by molar-refractivity contribution is -0.118. The minimum absolute atomic E-state index is 0.0986. The fourth-order valence-electron chi connectivity index (χ4n) is 1.76. The molecule has 1 rings (SSSR count). The van der Waals surface area contributed by atoms with Crippen LogP contribution in [0.3, 0.4) is 0 Å². The zero-order chi connectivity index (χ0) is 15.8. The molecule has 2 atom stereocenters. The summed E-state index contributed by atoms with van der Waals surface area (Å²) < 4.78 is 10.5. The van der Waals surface area contributed by atoms with Gasteiger partial charge < -0.3 is 25.6 Å². The Morgan fingerprint density at radius 2 is 2.14 bits per heavy atom. The number of hydrogen-bond acceptors (Lipinski definition) is 5. The molecular weight excluding hydrogens is 272 g/mol. The highest BCUT2D eigenvalue weighted by molar-refractivity contribution is 5.95. The van der Waals surface area contributed by atoms with Gasteiger partial charge in [0.1, 0.15) is 6.61 Å². The second kappa shape index (κ2) is 8.49. The number of ether oxygens (including phenoxy) is 2. The number of anilines is 1. The number of rotatable bonds is 8. The van der Waals surface area contributed by atoms with Crippen LogP contribution in [0.15, 0.2) is 18.2 Å². The molecule has 1 aromatic carbocycles. The number of nitrogens with two attached hydrogens (primary N) is 1. The lowest BCUT2D eigenvalue weighted by Gasteiger charge is -2.18. The van der Waals surface area contributed by atoms with E-state index in [0.29, 0.717) is 17.2 Å². The molecule has 0 aromatic heterocycles. The molecule has 6 nitrogen and oxygen atoms in total. The average molecular weight is 296 g/mol. The predicted octanol–water partition coefficient (Wildman–Crippen LogP) is 1.38. The summed E-state index contributed by atoms with van der Waals surface area (Å²) in [6.07, 6.45) is 0.835. The summed E-state index contributed by atoms with van der Waals surface area (Å²) in [5, 5.41) is 11.6.